The maximum Gasteiger partial charge on any atom is 0.269 e. The molecule has 0 spiro atoms. The molecule has 0 aliphatic carbocycles. The highest BCUT2D eigenvalue weighted by molar-refractivity contribution is 9.10. The van der Waals surface area contributed by atoms with Gasteiger partial charge in [-0.1, -0.05) is 40.2 Å². The summed E-state index contributed by atoms with van der Waals surface area (Å²) in [5.41, 5.74) is 1.88. The van der Waals surface area contributed by atoms with Gasteiger partial charge in [-0.2, -0.15) is 5.26 Å². The second kappa shape index (κ2) is 6.31. The number of nitrogens with zero attached hydrogens (tertiary/aromatic N) is 2. The van der Waals surface area contributed by atoms with E-state index in [1.165, 1.54) is 12.1 Å². The van der Waals surface area contributed by atoms with Gasteiger partial charge in [-0.05, 0) is 29.7 Å². The zero-order valence-electron chi connectivity index (χ0n) is 10.5. The minimum absolute atomic E-state index is 0.0362. The predicted molar refractivity (Wildman–Crippen MR) is 79.3 cm³/mol. The Labute approximate surface area is 124 Å². The van der Waals surface area contributed by atoms with Crippen molar-refractivity contribution < 1.29 is 4.92 Å². The molecular formula is C15H11BrN2O2. The van der Waals surface area contributed by atoms with Crippen LogP contribution in [-0.2, 0) is 6.42 Å². The third-order valence-corrected chi connectivity index (χ3v) is 3.54. The molecule has 0 N–H and O–H groups in total. The second-order valence-electron chi connectivity index (χ2n) is 4.36. The van der Waals surface area contributed by atoms with E-state index in [1.54, 1.807) is 12.1 Å². The van der Waals surface area contributed by atoms with Gasteiger partial charge in [0.2, 0.25) is 0 Å². The van der Waals surface area contributed by atoms with Crippen molar-refractivity contribution in [1.29, 1.82) is 5.26 Å². The van der Waals surface area contributed by atoms with Crippen LogP contribution in [0.25, 0.3) is 0 Å². The van der Waals surface area contributed by atoms with Crippen molar-refractivity contribution in [2.75, 3.05) is 0 Å². The van der Waals surface area contributed by atoms with Crippen LogP contribution < -0.4 is 0 Å². The number of hydrogen-bond acceptors (Lipinski definition) is 3. The highest BCUT2D eigenvalue weighted by Gasteiger charge is 2.13. The first-order valence-electron chi connectivity index (χ1n) is 5.98. The first-order chi connectivity index (χ1) is 9.60. The summed E-state index contributed by atoms with van der Waals surface area (Å²) in [6, 6.07) is 16.2. The summed E-state index contributed by atoms with van der Waals surface area (Å²) in [6.07, 6.45) is 0.585. The van der Waals surface area contributed by atoms with Gasteiger partial charge in [-0.25, -0.2) is 0 Å². The van der Waals surface area contributed by atoms with E-state index in [0.29, 0.717) is 6.42 Å². The van der Waals surface area contributed by atoms with E-state index in [9.17, 15) is 15.4 Å². The normalized spacial score (nSPS) is 11.6. The molecule has 0 bridgehead atoms. The highest BCUT2D eigenvalue weighted by atomic mass is 79.9. The Hall–Kier alpha value is -2.19. The monoisotopic (exact) mass is 330 g/mol. The minimum atomic E-state index is -0.445. The lowest BCUT2D eigenvalue weighted by Crippen LogP contribution is -2.00. The third-order valence-electron chi connectivity index (χ3n) is 3.02. The van der Waals surface area contributed by atoms with Gasteiger partial charge >= 0.3 is 0 Å². The molecule has 5 heteroatoms. The molecule has 0 aromatic heterocycles. The molecule has 1 unspecified atom stereocenters. The van der Waals surface area contributed by atoms with Crippen LogP contribution in [0.5, 0.6) is 0 Å². The molecule has 0 heterocycles. The van der Waals surface area contributed by atoms with Gasteiger partial charge in [-0.15, -0.1) is 0 Å². The summed E-state index contributed by atoms with van der Waals surface area (Å²) in [7, 11) is 0. The van der Waals surface area contributed by atoms with Crippen LogP contribution in [0.15, 0.2) is 53.0 Å². The number of nitro benzene ring substituents is 1. The van der Waals surface area contributed by atoms with Crippen LogP contribution in [0, 0.1) is 21.4 Å². The zero-order chi connectivity index (χ0) is 14.5. The van der Waals surface area contributed by atoms with E-state index in [2.05, 4.69) is 22.0 Å². The Kier molecular flexibility index (Phi) is 4.49. The summed E-state index contributed by atoms with van der Waals surface area (Å²) < 4.78 is 0.991. The number of rotatable bonds is 4. The van der Waals surface area contributed by atoms with Crippen LogP contribution in [0.3, 0.4) is 0 Å². The molecule has 100 valence electrons. The summed E-state index contributed by atoms with van der Waals surface area (Å²) in [4.78, 5) is 10.2. The molecule has 0 amide bonds. The van der Waals surface area contributed by atoms with Crippen LogP contribution in [0.2, 0.25) is 0 Å². The SMILES string of the molecule is N#CC(Cc1ccc(Br)cc1)c1ccc([N+](=O)[O-])cc1. The molecule has 2 aromatic carbocycles. The molecule has 1 atom stereocenters. The molecule has 0 aliphatic rings. The Morgan fingerprint density at radius 1 is 1.15 bits per heavy atom. The van der Waals surface area contributed by atoms with Crippen LogP contribution in [0.4, 0.5) is 5.69 Å². The number of nitro groups is 1. The average molecular weight is 331 g/mol. The number of benzene rings is 2. The molecule has 0 saturated carbocycles. The Morgan fingerprint density at radius 2 is 1.75 bits per heavy atom. The van der Waals surface area contributed by atoms with Gasteiger partial charge in [0.25, 0.3) is 5.69 Å². The maximum atomic E-state index is 10.6. The lowest BCUT2D eigenvalue weighted by molar-refractivity contribution is -0.384. The van der Waals surface area contributed by atoms with Crippen molar-refractivity contribution >= 4 is 21.6 Å². The van der Waals surface area contributed by atoms with Crippen LogP contribution in [0.1, 0.15) is 17.0 Å². The largest absolute Gasteiger partial charge is 0.269 e. The first kappa shape index (κ1) is 14.2. The molecule has 2 rings (SSSR count). The maximum absolute atomic E-state index is 10.6. The average Bonchev–Trinajstić information content (AvgIpc) is 2.47. The fraction of sp³-hybridized carbons (Fsp3) is 0.133. The van der Waals surface area contributed by atoms with Crippen LogP contribution >= 0.6 is 15.9 Å². The van der Waals surface area contributed by atoms with Crippen molar-refractivity contribution in [3.8, 4) is 6.07 Å². The zero-order valence-corrected chi connectivity index (χ0v) is 12.1. The smallest absolute Gasteiger partial charge is 0.258 e. The van der Waals surface area contributed by atoms with Crippen molar-refractivity contribution in [2.45, 2.75) is 12.3 Å². The van der Waals surface area contributed by atoms with Gasteiger partial charge < -0.3 is 0 Å². The lowest BCUT2D eigenvalue weighted by atomic mass is 9.93. The summed E-state index contributed by atoms with van der Waals surface area (Å²) in [5, 5.41) is 19.9. The van der Waals surface area contributed by atoms with E-state index in [-0.39, 0.29) is 11.6 Å². The third kappa shape index (κ3) is 3.43. The van der Waals surface area contributed by atoms with Crippen molar-refractivity contribution in [3.05, 3.63) is 74.2 Å². The summed E-state index contributed by atoms with van der Waals surface area (Å²) in [5.74, 6) is -0.308. The molecule has 4 nitrogen and oxygen atoms in total. The Morgan fingerprint density at radius 3 is 2.25 bits per heavy atom. The van der Waals surface area contributed by atoms with Gasteiger partial charge in [0.1, 0.15) is 0 Å². The molecule has 2 aromatic rings. The van der Waals surface area contributed by atoms with E-state index >= 15 is 0 Å². The first-order valence-corrected chi connectivity index (χ1v) is 6.78. The van der Waals surface area contributed by atoms with Gasteiger partial charge in [0.15, 0.2) is 0 Å². The predicted octanol–water partition coefficient (Wildman–Crippen LogP) is 4.21. The standard InChI is InChI=1S/C15H11BrN2O2/c16-14-5-1-11(2-6-14)9-13(10-17)12-3-7-15(8-4-12)18(19)20/h1-8,13H,9H2. The van der Waals surface area contributed by atoms with Crippen molar-refractivity contribution in [2.24, 2.45) is 0 Å². The van der Waals surface area contributed by atoms with Gasteiger partial charge in [0.05, 0.1) is 16.9 Å². The van der Waals surface area contributed by atoms with Crippen molar-refractivity contribution in [3.63, 3.8) is 0 Å². The Balaban J connectivity index is 2.18. The van der Waals surface area contributed by atoms with Gasteiger partial charge in [-0.3, -0.25) is 10.1 Å². The Bertz CT molecular complexity index is 645. The van der Waals surface area contributed by atoms with E-state index in [1.807, 2.05) is 24.3 Å². The quantitative estimate of drug-likeness (QED) is 0.623. The second-order valence-corrected chi connectivity index (χ2v) is 5.28. The van der Waals surface area contributed by atoms with E-state index < -0.39 is 4.92 Å². The van der Waals surface area contributed by atoms with E-state index in [4.69, 9.17) is 0 Å². The number of halogens is 1. The number of hydrogen-bond donors (Lipinski definition) is 0. The molecular weight excluding hydrogens is 320 g/mol. The molecule has 0 fully saturated rings. The molecule has 20 heavy (non-hydrogen) atoms. The van der Waals surface area contributed by atoms with Crippen molar-refractivity contribution in [1.82, 2.24) is 0 Å². The van der Waals surface area contributed by atoms with Crippen LogP contribution in [-0.4, -0.2) is 4.92 Å². The highest BCUT2D eigenvalue weighted by Crippen LogP contribution is 2.23. The molecule has 0 radical (unpaired) electrons. The number of non-ortho nitro benzene ring substituents is 1. The fourth-order valence-electron chi connectivity index (χ4n) is 1.92. The lowest BCUT2D eigenvalue weighted by Gasteiger charge is -2.09. The molecule has 0 aliphatic heterocycles. The summed E-state index contributed by atoms with van der Waals surface area (Å²) >= 11 is 3.37. The summed E-state index contributed by atoms with van der Waals surface area (Å²) in [6.45, 7) is 0. The van der Waals surface area contributed by atoms with E-state index in [0.717, 1.165) is 15.6 Å². The van der Waals surface area contributed by atoms with Gasteiger partial charge in [0, 0.05) is 16.6 Å². The minimum Gasteiger partial charge on any atom is -0.258 e. The number of nitriles is 1. The molecule has 0 saturated heterocycles. The fourth-order valence-corrected chi connectivity index (χ4v) is 2.19. The topological polar surface area (TPSA) is 66.9 Å².